The lowest BCUT2D eigenvalue weighted by Crippen LogP contribution is -2.56. The summed E-state index contributed by atoms with van der Waals surface area (Å²) in [6, 6.07) is 1.88. The molecule has 0 bridgehead atoms. The molecule has 1 aliphatic carbocycles. The van der Waals surface area contributed by atoms with Gasteiger partial charge in [0.2, 0.25) is 0 Å². The first-order chi connectivity index (χ1) is 15.0. The number of aromatic amines is 1. The summed E-state index contributed by atoms with van der Waals surface area (Å²) in [7, 11) is -3.55. The minimum absolute atomic E-state index is 0.00643. The van der Waals surface area contributed by atoms with E-state index >= 15 is 0 Å². The van der Waals surface area contributed by atoms with Gasteiger partial charge in [-0.2, -0.15) is 13.2 Å². The summed E-state index contributed by atoms with van der Waals surface area (Å²) < 4.78 is 64.1. The number of carbonyl (C=O) groups is 1. The first-order valence-electron chi connectivity index (χ1n) is 10.7. The van der Waals surface area contributed by atoms with Crippen LogP contribution in [-0.2, 0) is 16.3 Å². The lowest BCUT2D eigenvalue weighted by atomic mass is 9.74. The van der Waals surface area contributed by atoms with Crippen molar-refractivity contribution in [2.75, 3.05) is 26.7 Å². The van der Waals surface area contributed by atoms with Crippen LogP contribution in [0.4, 0.5) is 18.0 Å². The second kappa shape index (κ2) is 7.95. The molecular weight excluding hydrogens is 445 g/mol. The molecule has 2 N–H and O–H groups in total. The lowest BCUT2D eigenvalue weighted by molar-refractivity contribution is -0.0436. The number of aromatic nitrogens is 1. The Morgan fingerprint density at radius 2 is 1.97 bits per heavy atom. The van der Waals surface area contributed by atoms with E-state index in [-0.39, 0.29) is 24.0 Å². The molecule has 1 aliphatic heterocycles. The molecule has 3 atom stereocenters. The summed E-state index contributed by atoms with van der Waals surface area (Å²) in [5.41, 5.74) is -3.44. The molecule has 0 saturated carbocycles. The number of H-pyrrole nitrogens is 1. The minimum Gasteiger partial charge on any atom is -0.361 e. The van der Waals surface area contributed by atoms with Gasteiger partial charge in [0, 0.05) is 54.7 Å². The third-order valence-corrected chi connectivity index (χ3v) is 8.23. The lowest BCUT2D eigenvalue weighted by Gasteiger charge is -2.46. The van der Waals surface area contributed by atoms with Crippen molar-refractivity contribution in [3.05, 3.63) is 29.5 Å². The maximum atomic E-state index is 13.3. The molecule has 1 saturated heterocycles. The molecule has 2 aromatic rings. The number of benzene rings is 1. The third kappa shape index (κ3) is 3.64. The number of hydrogen-bond donors (Lipinski definition) is 2. The molecule has 1 aromatic carbocycles. The predicted octanol–water partition coefficient (Wildman–Crippen LogP) is 3.23. The fraction of sp³-hybridized carbons (Fsp3) is 0.571. The number of fused-ring (bicyclic) bond motifs is 2. The average molecular weight is 473 g/mol. The van der Waals surface area contributed by atoms with Crippen LogP contribution in [0, 0.1) is 0 Å². The highest BCUT2D eigenvalue weighted by atomic mass is 32.2. The van der Waals surface area contributed by atoms with Gasteiger partial charge in [-0.15, -0.1) is 0 Å². The monoisotopic (exact) mass is 472 g/mol. The second-order valence-corrected chi connectivity index (χ2v) is 10.5. The van der Waals surface area contributed by atoms with Crippen molar-refractivity contribution in [1.29, 1.82) is 0 Å². The van der Waals surface area contributed by atoms with E-state index in [4.69, 9.17) is 0 Å². The zero-order chi connectivity index (χ0) is 23.4. The average Bonchev–Trinajstić information content (AvgIpc) is 3.12. The maximum absolute atomic E-state index is 13.3. The van der Waals surface area contributed by atoms with Gasteiger partial charge in [0.1, 0.15) is 0 Å². The van der Waals surface area contributed by atoms with Crippen LogP contribution in [0.25, 0.3) is 10.9 Å². The number of nitrogens with one attached hydrogen (secondary N) is 2. The van der Waals surface area contributed by atoms with E-state index in [0.29, 0.717) is 43.6 Å². The highest BCUT2D eigenvalue weighted by Crippen LogP contribution is 2.45. The van der Waals surface area contributed by atoms with Crippen molar-refractivity contribution in [3.63, 3.8) is 0 Å². The van der Waals surface area contributed by atoms with E-state index in [1.807, 2.05) is 20.9 Å². The van der Waals surface area contributed by atoms with Crippen LogP contribution >= 0.6 is 0 Å². The number of sulfone groups is 1. The molecule has 2 aliphatic rings. The van der Waals surface area contributed by atoms with Gasteiger partial charge in [-0.3, -0.25) is 0 Å². The molecule has 1 unspecified atom stereocenters. The van der Waals surface area contributed by atoms with Crippen LogP contribution in [0.15, 0.2) is 23.2 Å². The van der Waals surface area contributed by atoms with E-state index < -0.39 is 20.2 Å². The Hall–Kier alpha value is -2.27. The number of alkyl halides is 3. The van der Waals surface area contributed by atoms with Gasteiger partial charge in [-0.05, 0) is 57.0 Å². The van der Waals surface area contributed by atoms with Crippen LogP contribution in [0.5, 0.6) is 0 Å². The number of hydrogen-bond acceptors (Lipinski definition) is 4. The van der Waals surface area contributed by atoms with Gasteiger partial charge in [0.25, 0.3) is 9.84 Å². The van der Waals surface area contributed by atoms with Crippen molar-refractivity contribution in [2.24, 2.45) is 0 Å². The van der Waals surface area contributed by atoms with Crippen LogP contribution < -0.4 is 5.32 Å². The molecular formula is C21H27F3N4O3S. The first kappa shape index (κ1) is 22.9. The summed E-state index contributed by atoms with van der Waals surface area (Å²) in [5.74, 6) is -0.204. The number of nitrogens with zero attached hydrogens (tertiary/aromatic N) is 2. The zero-order valence-corrected chi connectivity index (χ0v) is 19.0. The van der Waals surface area contributed by atoms with Gasteiger partial charge in [0.15, 0.2) is 0 Å². The normalized spacial score (nSPS) is 23.8. The van der Waals surface area contributed by atoms with E-state index in [9.17, 15) is 26.4 Å². The topological polar surface area (TPSA) is 85.5 Å². The van der Waals surface area contributed by atoms with Crippen molar-refractivity contribution < 1.29 is 26.4 Å². The Morgan fingerprint density at radius 1 is 1.28 bits per heavy atom. The smallest absolute Gasteiger partial charge is 0.361 e. The summed E-state index contributed by atoms with van der Waals surface area (Å²) in [6.45, 7) is 5.54. The van der Waals surface area contributed by atoms with Crippen molar-refractivity contribution in [1.82, 2.24) is 20.1 Å². The maximum Gasteiger partial charge on any atom is 0.501 e. The molecule has 11 heteroatoms. The number of urea groups is 1. The van der Waals surface area contributed by atoms with E-state index in [1.54, 1.807) is 11.1 Å². The van der Waals surface area contributed by atoms with Gasteiger partial charge in [-0.1, -0.05) is 0 Å². The molecule has 4 rings (SSSR count). The van der Waals surface area contributed by atoms with E-state index in [1.165, 1.54) is 6.07 Å². The third-order valence-electron chi connectivity index (χ3n) is 6.76. The van der Waals surface area contributed by atoms with Crippen LogP contribution in [0.2, 0.25) is 0 Å². The van der Waals surface area contributed by atoms with Crippen LogP contribution in [0.3, 0.4) is 0 Å². The molecule has 7 nitrogen and oxygen atoms in total. The van der Waals surface area contributed by atoms with Gasteiger partial charge in [0.05, 0.1) is 4.90 Å². The Labute approximate surface area is 184 Å². The standard InChI is InChI=1S/C21H27F3N4O3S/c1-4-28(5-2)20(29)26-13-7-15-16-8-14(32(30,31)21(22,23)24)9-17-19(16)12(10-25-17)6-18(15)27(3)11-13/h8-10,13,15,18,25H,4-7,11H2,1-3H3,(H,26,29)/t13-,15?,18+/m0/s1. The Balaban J connectivity index is 1.74. The number of halogens is 3. The Bertz CT molecular complexity index is 1140. The highest BCUT2D eigenvalue weighted by molar-refractivity contribution is 7.92. The summed E-state index contributed by atoms with van der Waals surface area (Å²) in [5, 5.41) is 3.83. The van der Waals surface area contributed by atoms with E-state index in [2.05, 4.69) is 15.2 Å². The quantitative estimate of drug-likeness (QED) is 0.716. The number of carbonyl (C=O) groups excluding carboxylic acids is 1. The zero-order valence-electron chi connectivity index (χ0n) is 18.2. The fourth-order valence-electron chi connectivity index (χ4n) is 5.16. The van der Waals surface area contributed by atoms with Gasteiger partial charge in [-0.25, -0.2) is 13.2 Å². The molecule has 0 radical (unpaired) electrons. The number of piperidine rings is 1. The minimum atomic E-state index is -5.48. The highest BCUT2D eigenvalue weighted by Gasteiger charge is 2.48. The second-order valence-electron chi connectivity index (χ2n) is 8.57. The number of amides is 2. The van der Waals surface area contributed by atoms with Crippen molar-refractivity contribution >= 4 is 26.8 Å². The number of rotatable bonds is 4. The molecule has 1 fully saturated rings. The molecule has 2 heterocycles. The molecule has 0 spiro atoms. The SMILES string of the molecule is CCN(CC)C(=O)N[C@H]1CC2c3cc(S(=O)(=O)C(F)(F)F)cc4[nH]cc(c34)C[C@H]2N(C)C1. The first-order valence-corrected chi connectivity index (χ1v) is 12.2. The molecule has 2 amide bonds. The summed E-state index contributed by atoms with van der Waals surface area (Å²) >= 11 is 0. The molecule has 1 aromatic heterocycles. The fourth-order valence-corrected chi connectivity index (χ4v) is 5.98. The number of likely N-dealkylation sites (N-methyl/N-ethyl adjacent to an activating group) is 1. The Kier molecular flexibility index (Phi) is 5.69. The predicted molar refractivity (Wildman–Crippen MR) is 114 cm³/mol. The van der Waals surface area contributed by atoms with Crippen molar-refractivity contribution in [2.45, 2.75) is 55.1 Å². The van der Waals surface area contributed by atoms with Crippen LogP contribution in [0.1, 0.15) is 37.3 Å². The summed E-state index contributed by atoms with van der Waals surface area (Å²) in [6.07, 6.45) is 2.98. The largest absolute Gasteiger partial charge is 0.501 e. The van der Waals surface area contributed by atoms with Crippen molar-refractivity contribution in [3.8, 4) is 0 Å². The van der Waals surface area contributed by atoms with Gasteiger partial charge >= 0.3 is 11.5 Å². The van der Waals surface area contributed by atoms with Gasteiger partial charge < -0.3 is 20.1 Å². The van der Waals surface area contributed by atoms with E-state index in [0.717, 1.165) is 17.0 Å². The Morgan fingerprint density at radius 3 is 2.59 bits per heavy atom. The summed E-state index contributed by atoms with van der Waals surface area (Å²) in [4.78, 5) is 18.6. The number of likely N-dealkylation sites (tertiary alicyclic amines) is 1. The van der Waals surface area contributed by atoms with Crippen LogP contribution in [-0.4, -0.2) is 73.5 Å². The molecule has 176 valence electrons. The molecule has 32 heavy (non-hydrogen) atoms.